The minimum absolute atomic E-state index is 0.00772. The van der Waals surface area contributed by atoms with Gasteiger partial charge in [0.05, 0.1) is 12.2 Å². The van der Waals surface area contributed by atoms with Crippen molar-refractivity contribution in [2.45, 2.75) is 32.4 Å². The van der Waals surface area contributed by atoms with E-state index < -0.39 is 11.2 Å². The standard InChI is InChI=1S/C15H19N3O4S2/c1-5-22-14(21)11-7(2)8(3)23-13(11)17-10(19)6-9-12(20)18-15(16-4)24-9/h9H,5-6H2,1-4H3,(H,17,19)(H,16,18,20). The van der Waals surface area contributed by atoms with E-state index in [1.54, 1.807) is 14.0 Å². The maximum Gasteiger partial charge on any atom is 0.341 e. The van der Waals surface area contributed by atoms with Crippen LogP contribution >= 0.6 is 23.1 Å². The Morgan fingerprint density at radius 2 is 2.08 bits per heavy atom. The maximum absolute atomic E-state index is 12.3. The van der Waals surface area contributed by atoms with Gasteiger partial charge in [-0.25, -0.2) is 4.79 Å². The fraction of sp³-hybridized carbons (Fsp3) is 0.467. The van der Waals surface area contributed by atoms with E-state index in [0.29, 0.717) is 15.7 Å². The molecule has 7 nitrogen and oxygen atoms in total. The summed E-state index contributed by atoms with van der Waals surface area (Å²) in [6.45, 7) is 5.69. The summed E-state index contributed by atoms with van der Waals surface area (Å²) < 4.78 is 5.06. The van der Waals surface area contributed by atoms with Crippen LogP contribution in [0.5, 0.6) is 0 Å². The summed E-state index contributed by atoms with van der Waals surface area (Å²) in [5.41, 5.74) is 1.18. The number of aryl methyl sites for hydroxylation is 1. The average Bonchev–Trinajstić information content (AvgIpc) is 3.00. The summed E-state index contributed by atoms with van der Waals surface area (Å²) in [5.74, 6) is -1.02. The quantitative estimate of drug-likeness (QED) is 0.775. The number of nitrogens with one attached hydrogen (secondary N) is 2. The Morgan fingerprint density at radius 3 is 2.67 bits per heavy atom. The number of nitrogens with zero attached hydrogens (tertiary/aromatic N) is 1. The van der Waals surface area contributed by atoms with Crippen LogP contribution in [0.3, 0.4) is 0 Å². The normalized spacial score (nSPS) is 18.6. The molecule has 1 unspecified atom stereocenters. The number of amidine groups is 1. The molecule has 1 aliphatic heterocycles. The van der Waals surface area contributed by atoms with Gasteiger partial charge in [-0.2, -0.15) is 0 Å². The first-order valence-corrected chi connectivity index (χ1v) is 9.08. The molecular formula is C15H19N3O4S2. The smallest absolute Gasteiger partial charge is 0.341 e. The van der Waals surface area contributed by atoms with Crippen LogP contribution in [0.2, 0.25) is 0 Å². The Kier molecular flexibility index (Phi) is 6.00. The van der Waals surface area contributed by atoms with E-state index in [0.717, 1.165) is 10.4 Å². The molecule has 0 radical (unpaired) electrons. The van der Waals surface area contributed by atoms with E-state index in [-0.39, 0.29) is 24.8 Å². The first kappa shape index (κ1) is 18.5. The molecule has 0 spiro atoms. The number of thioether (sulfide) groups is 1. The van der Waals surface area contributed by atoms with Crippen LogP contribution in [0.15, 0.2) is 4.99 Å². The summed E-state index contributed by atoms with van der Waals surface area (Å²) in [6, 6.07) is 0. The first-order valence-electron chi connectivity index (χ1n) is 7.38. The second kappa shape index (κ2) is 7.80. The molecule has 24 heavy (non-hydrogen) atoms. The predicted molar refractivity (Wildman–Crippen MR) is 95.9 cm³/mol. The molecule has 1 aliphatic rings. The van der Waals surface area contributed by atoms with Gasteiger partial charge in [0.25, 0.3) is 0 Å². The highest BCUT2D eigenvalue weighted by Crippen LogP contribution is 2.33. The SMILES string of the molecule is CCOC(=O)c1c(NC(=O)CC2S/C(=N\C)NC2=O)sc(C)c1C. The van der Waals surface area contributed by atoms with Gasteiger partial charge in [-0.15, -0.1) is 11.3 Å². The Bertz CT molecular complexity index is 712. The number of carbonyl (C=O) groups is 3. The molecule has 1 atom stereocenters. The second-order valence-electron chi connectivity index (χ2n) is 5.08. The Hall–Kier alpha value is -1.87. The van der Waals surface area contributed by atoms with Gasteiger partial charge in [-0.3, -0.25) is 14.6 Å². The van der Waals surface area contributed by atoms with Crippen LogP contribution in [0.4, 0.5) is 5.00 Å². The van der Waals surface area contributed by atoms with Crippen molar-refractivity contribution in [1.82, 2.24) is 5.32 Å². The van der Waals surface area contributed by atoms with Crippen molar-refractivity contribution in [1.29, 1.82) is 0 Å². The molecule has 1 aromatic heterocycles. The fourth-order valence-corrected chi connectivity index (χ4v) is 4.16. The van der Waals surface area contributed by atoms with Gasteiger partial charge in [0.15, 0.2) is 5.17 Å². The maximum atomic E-state index is 12.3. The summed E-state index contributed by atoms with van der Waals surface area (Å²) in [4.78, 5) is 41.0. The zero-order valence-electron chi connectivity index (χ0n) is 13.9. The lowest BCUT2D eigenvalue weighted by molar-refractivity contribution is -0.122. The molecule has 1 aromatic rings. The molecule has 130 valence electrons. The van der Waals surface area contributed by atoms with Crippen molar-refractivity contribution in [3.05, 3.63) is 16.0 Å². The summed E-state index contributed by atoms with van der Waals surface area (Å²) >= 11 is 2.55. The summed E-state index contributed by atoms with van der Waals surface area (Å²) in [5, 5.41) is 5.79. The number of rotatable bonds is 5. The molecule has 2 amide bonds. The zero-order chi connectivity index (χ0) is 17.9. The van der Waals surface area contributed by atoms with Crippen molar-refractivity contribution < 1.29 is 19.1 Å². The van der Waals surface area contributed by atoms with Crippen molar-refractivity contribution in [3.8, 4) is 0 Å². The minimum atomic E-state index is -0.517. The lowest BCUT2D eigenvalue weighted by atomic mass is 10.1. The first-order chi connectivity index (χ1) is 11.4. The lowest BCUT2D eigenvalue weighted by Crippen LogP contribution is -2.28. The highest BCUT2D eigenvalue weighted by Gasteiger charge is 2.32. The predicted octanol–water partition coefficient (Wildman–Crippen LogP) is 2.09. The fourth-order valence-electron chi connectivity index (χ4n) is 2.16. The van der Waals surface area contributed by atoms with Crippen LogP contribution in [0.1, 0.15) is 34.1 Å². The molecule has 2 N–H and O–H groups in total. The van der Waals surface area contributed by atoms with Crippen LogP contribution in [0, 0.1) is 13.8 Å². The minimum Gasteiger partial charge on any atom is -0.462 e. The molecule has 1 saturated heterocycles. The molecule has 0 aliphatic carbocycles. The second-order valence-corrected chi connectivity index (χ2v) is 7.50. The molecule has 0 aromatic carbocycles. The highest BCUT2D eigenvalue weighted by atomic mass is 32.2. The van der Waals surface area contributed by atoms with Gasteiger partial charge in [0, 0.05) is 18.3 Å². The lowest BCUT2D eigenvalue weighted by Gasteiger charge is -2.08. The zero-order valence-corrected chi connectivity index (χ0v) is 15.5. The van der Waals surface area contributed by atoms with Crippen LogP contribution in [-0.4, -0.2) is 41.9 Å². The molecule has 0 saturated carbocycles. The van der Waals surface area contributed by atoms with Crippen LogP contribution < -0.4 is 10.6 Å². The number of esters is 1. The van der Waals surface area contributed by atoms with Crippen LogP contribution in [-0.2, 0) is 14.3 Å². The average molecular weight is 369 g/mol. The number of aliphatic imine (C=N–C) groups is 1. The van der Waals surface area contributed by atoms with Gasteiger partial charge < -0.3 is 15.4 Å². The van der Waals surface area contributed by atoms with E-state index in [4.69, 9.17) is 4.74 Å². The number of hydrogen-bond donors (Lipinski definition) is 2. The van der Waals surface area contributed by atoms with Crippen molar-refractivity contribution in [2.24, 2.45) is 4.99 Å². The third-order valence-electron chi connectivity index (χ3n) is 3.47. The summed E-state index contributed by atoms with van der Waals surface area (Å²) in [6.07, 6.45) is 0.00772. The number of anilines is 1. The molecular weight excluding hydrogens is 350 g/mol. The van der Waals surface area contributed by atoms with Gasteiger partial charge in [-0.05, 0) is 26.3 Å². The van der Waals surface area contributed by atoms with E-state index in [1.165, 1.54) is 23.1 Å². The van der Waals surface area contributed by atoms with Gasteiger partial charge >= 0.3 is 5.97 Å². The molecule has 2 rings (SSSR count). The van der Waals surface area contributed by atoms with E-state index in [1.807, 2.05) is 13.8 Å². The molecule has 2 heterocycles. The number of amides is 2. The third-order valence-corrected chi connectivity index (χ3v) is 5.76. The number of thiophene rings is 1. The Morgan fingerprint density at radius 1 is 1.38 bits per heavy atom. The topological polar surface area (TPSA) is 96.9 Å². The molecule has 0 bridgehead atoms. The number of hydrogen-bond acceptors (Lipinski definition) is 7. The Labute approximate surface area is 148 Å². The largest absolute Gasteiger partial charge is 0.462 e. The van der Waals surface area contributed by atoms with E-state index in [2.05, 4.69) is 15.6 Å². The van der Waals surface area contributed by atoms with E-state index in [9.17, 15) is 14.4 Å². The molecule has 9 heteroatoms. The third kappa shape index (κ3) is 3.96. The number of ether oxygens (including phenoxy) is 1. The van der Waals surface area contributed by atoms with Gasteiger partial charge in [-0.1, -0.05) is 11.8 Å². The van der Waals surface area contributed by atoms with Gasteiger partial charge in [0.2, 0.25) is 11.8 Å². The van der Waals surface area contributed by atoms with Gasteiger partial charge in [0.1, 0.15) is 10.3 Å². The summed E-state index contributed by atoms with van der Waals surface area (Å²) in [7, 11) is 1.58. The van der Waals surface area contributed by atoms with Crippen LogP contribution in [0.25, 0.3) is 0 Å². The van der Waals surface area contributed by atoms with Crippen molar-refractivity contribution >= 4 is 51.1 Å². The monoisotopic (exact) mass is 369 g/mol. The van der Waals surface area contributed by atoms with Crippen molar-refractivity contribution in [3.63, 3.8) is 0 Å². The molecule has 1 fully saturated rings. The number of carbonyl (C=O) groups excluding carboxylic acids is 3. The highest BCUT2D eigenvalue weighted by molar-refractivity contribution is 8.15. The van der Waals surface area contributed by atoms with E-state index >= 15 is 0 Å². The van der Waals surface area contributed by atoms with Crippen molar-refractivity contribution in [2.75, 3.05) is 19.0 Å². The Balaban J connectivity index is 2.11.